The first-order valence-electron chi connectivity index (χ1n) is 12.4. The summed E-state index contributed by atoms with van der Waals surface area (Å²) in [5, 5.41) is 2.79. The van der Waals surface area contributed by atoms with Gasteiger partial charge in [0.2, 0.25) is 6.10 Å². The lowest BCUT2D eigenvalue weighted by Crippen LogP contribution is -2.47. The van der Waals surface area contributed by atoms with Gasteiger partial charge in [0.05, 0.1) is 19.2 Å². The summed E-state index contributed by atoms with van der Waals surface area (Å²) in [5.74, 6) is -1.44. The number of amides is 2. The van der Waals surface area contributed by atoms with Crippen molar-refractivity contribution in [2.75, 3.05) is 20.2 Å². The Morgan fingerprint density at radius 2 is 1.32 bits per heavy atom. The Morgan fingerprint density at radius 1 is 0.789 bits per heavy atom. The fourth-order valence-corrected chi connectivity index (χ4v) is 3.78. The lowest BCUT2D eigenvalue weighted by Gasteiger charge is -2.24. The van der Waals surface area contributed by atoms with E-state index in [1.54, 1.807) is 37.3 Å². The van der Waals surface area contributed by atoms with Crippen molar-refractivity contribution in [3.05, 3.63) is 108 Å². The van der Waals surface area contributed by atoms with Crippen LogP contribution in [-0.4, -0.2) is 61.0 Å². The van der Waals surface area contributed by atoms with Crippen LogP contribution in [0.5, 0.6) is 0 Å². The molecule has 2 atom stereocenters. The number of nitrogens with zero attached hydrogens (tertiary/aromatic N) is 1. The van der Waals surface area contributed by atoms with Crippen molar-refractivity contribution in [3.63, 3.8) is 0 Å². The van der Waals surface area contributed by atoms with E-state index >= 15 is 0 Å². The minimum absolute atomic E-state index is 0.136. The molecule has 0 fully saturated rings. The first-order chi connectivity index (χ1) is 18.4. The normalized spacial score (nSPS) is 12.1. The molecule has 1 unspecified atom stereocenters. The number of esters is 1. The van der Waals surface area contributed by atoms with Crippen molar-refractivity contribution >= 4 is 23.8 Å². The second-order valence-corrected chi connectivity index (χ2v) is 8.72. The Balaban J connectivity index is 1.69. The molecule has 0 heterocycles. The Kier molecular flexibility index (Phi) is 10.6. The van der Waals surface area contributed by atoms with Gasteiger partial charge in [-0.3, -0.25) is 9.59 Å². The van der Waals surface area contributed by atoms with Crippen LogP contribution in [-0.2, 0) is 31.9 Å². The highest BCUT2D eigenvalue weighted by atomic mass is 16.6. The van der Waals surface area contributed by atoms with E-state index in [2.05, 4.69) is 5.32 Å². The SMILES string of the molecule is CCOC(=O)[C@H](Cc1ccccc1)OC(=O)N(C)CC(=O)C(Cc1ccccc1)NC(=O)c1ccccc1. The molecular formula is C30H32N2O6. The summed E-state index contributed by atoms with van der Waals surface area (Å²) in [5.41, 5.74) is 2.07. The van der Waals surface area contributed by atoms with E-state index in [1.807, 2.05) is 60.7 Å². The standard InChI is InChI=1S/C30H32N2O6/c1-3-37-29(35)27(20-23-15-9-5-10-16-23)38-30(36)32(2)21-26(33)25(19-22-13-7-4-8-14-22)31-28(34)24-17-11-6-12-18-24/h4-18,25,27H,3,19-21H2,1-2H3,(H,31,34)/t25?,27-/m0/s1. The van der Waals surface area contributed by atoms with Crippen LogP contribution in [0.4, 0.5) is 4.79 Å². The fraction of sp³-hybridized carbons (Fsp3) is 0.267. The summed E-state index contributed by atoms with van der Waals surface area (Å²) in [6.07, 6.45) is -1.63. The van der Waals surface area contributed by atoms with Crippen LogP contribution in [0.25, 0.3) is 0 Å². The van der Waals surface area contributed by atoms with Crippen LogP contribution in [0.1, 0.15) is 28.4 Å². The average Bonchev–Trinajstić information content (AvgIpc) is 2.94. The van der Waals surface area contributed by atoms with Gasteiger partial charge < -0.3 is 19.7 Å². The summed E-state index contributed by atoms with van der Waals surface area (Å²) in [6, 6.07) is 26.1. The van der Waals surface area contributed by atoms with Gasteiger partial charge in [-0.1, -0.05) is 78.9 Å². The molecule has 3 aromatic carbocycles. The zero-order valence-corrected chi connectivity index (χ0v) is 21.5. The molecule has 0 aromatic heterocycles. The van der Waals surface area contributed by atoms with E-state index < -0.39 is 30.1 Å². The third kappa shape index (κ3) is 8.58. The van der Waals surface area contributed by atoms with Gasteiger partial charge in [-0.2, -0.15) is 0 Å². The molecule has 198 valence electrons. The van der Waals surface area contributed by atoms with Gasteiger partial charge in [0, 0.05) is 19.0 Å². The highest BCUT2D eigenvalue weighted by molar-refractivity contribution is 5.98. The molecule has 0 aliphatic heterocycles. The minimum Gasteiger partial charge on any atom is -0.463 e. The number of likely N-dealkylation sites (N-methyl/N-ethyl adjacent to an activating group) is 1. The fourth-order valence-electron chi connectivity index (χ4n) is 3.78. The second kappa shape index (κ2) is 14.3. The summed E-state index contributed by atoms with van der Waals surface area (Å²) >= 11 is 0. The third-order valence-corrected chi connectivity index (χ3v) is 5.77. The van der Waals surface area contributed by atoms with Crippen molar-refractivity contribution in [1.29, 1.82) is 0 Å². The maximum Gasteiger partial charge on any atom is 0.410 e. The Labute approximate surface area is 222 Å². The zero-order chi connectivity index (χ0) is 27.3. The first-order valence-corrected chi connectivity index (χ1v) is 12.4. The van der Waals surface area contributed by atoms with Gasteiger partial charge in [-0.25, -0.2) is 9.59 Å². The molecule has 0 aliphatic rings. The van der Waals surface area contributed by atoms with E-state index in [0.717, 1.165) is 16.0 Å². The van der Waals surface area contributed by atoms with Crippen molar-refractivity contribution < 1.29 is 28.7 Å². The molecule has 8 heteroatoms. The van der Waals surface area contributed by atoms with E-state index in [-0.39, 0.29) is 31.8 Å². The quantitative estimate of drug-likeness (QED) is 0.367. The number of hydrogen-bond acceptors (Lipinski definition) is 6. The van der Waals surface area contributed by atoms with E-state index in [1.165, 1.54) is 7.05 Å². The van der Waals surface area contributed by atoms with Crippen molar-refractivity contribution in [3.8, 4) is 0 Å². The lowest BCUT2D eigenvalue weighted by atomic mass is 10.0. The highest BCUT2D eigenvalue weighted by Crippen LogP contribution is 2.11. The van der Waals surface area contributed by atoms with Crippen molar-refractivity contribution in [1.82, 2.24) is 10.2 Å². The molecule has 1 N–H and O–H groups in total. The van der Waals surface area contributed by atoms with E-state index in [4.69, 9.17) is 9.47 Å². The molecule has 0 radical (unpaired) electrons. The molecule has 2 amide bonds. The van der Waals surface area contributed by atoms with Crippen LogP contribution >= 0.6 is 0 Å². The summed E-state index contributed by atoms with van der Waals surface area (Å²) < 4.78 is 10.5. The Bertz CT molecular complexity index is 1200. The summed E-state index contributed by atoms with van der Waals surface area (Å²) in [4.78, 5) is 52.5. The minimum atomic E-state index is -1.17. The number of hydrogen-bond donors (Lipinski definition) is 1. The van der Waals surface area contributed by atoms with E-state index in [9.17, 15) is 19.2 Å². The zero-order valence-electron chi connectivity index (χ0n) is 21.5. The Morgan fingerprint density at radius 3 is 1.87 bits per heavy atom. The average molecular weight is 517 g/mol. The van der Waals surface area contributed by atoms with Gasteiger partial charge in [-0.05, 0) is 36.6 Å². The molecule has 0 saturated carbocycles. The predicted octanol–water partition coefficient (Wildman–Crippen LogP) is 3.84. The molecule has 0 spiro atoms. The Hall–Kier alpha value is -4.46. The second-order valence-electron chi connectivity index (χ2n) is 8.72. The largest absolute Gasteiger partial charge is 0.463 e. The van der Waals surface area contributed by atoms with Crippen LogP contribution in [0.15, 0.2) is 91.0 Å². The first kappa shape index (κ1) is 28.1. The number of nitrogens with one attached hydrogen (secondary N) is 1. The third-order valence-electron chi connectivity index (χ3n) is 5.77. The summed E-state index contributed by atoms with van der Waals surface area (Å²) in [7, 11) is 1.41. The van der Waals surface area contributed by atoms with Gasteiger partial charge in [0.15, 0.2) is 5.78 Å². The van der Waals surface area contributed by atoms with Gasteiger partial charge in [0.1, 0.15) is 0 Å². The summed E-state index contributed by atoms with van der Waals surface area (Å²) in [6.45, 7) is 1.48. The number of benzene rings is 3. The number of Topliss-reactive ketones (excluding diaryl/α,β-unsaturated/α-hetero) is 1. The monoisotopic (exact) mass is 516 g/mol. The molecule has 3 rings (SSSR count). The molecule has 0 saturated heterocycles. The van der Waals surface area contributed by atoms with Gasteiger partial charge >= 0.3 is 12.1 Å². The molecule has 38 heavy (non-hydrogen) atoms. The lowest BCUT2D eigenvalue weighted by molar-refractivity contribution is -0.153. The maximum absolute atomic E-state index is 13.3. The smallest absolute Gasteiger partial charge is 0.410 e. The molecule has 3 aromatic rings. The van der Waals surface area contributed by atoms with Gasteiger partial charge in [-0.15, -0.1) is 0 Å². The van der Waals surface area contributed by atoms with Crippen LogP contribution in [0, 0.1) is 0 Å². The topological polar surface area (TPSA) is 102 Å². The molecule has 0 aliphatic carbocycles. The number of ketones is 1. The number of carbonyl (C=O) groups excluding carboxylic acids is 4. The predicted molar refractivity (Wildman–Crippen MR) is 143 cm³/mol. The number of rotatable bonds is 12. The molecular weight excluding hydrogens is 484 g/mol. The van der Waals surface area contributed by atoms with Crippen molar-refractivity contribution in [2.45, 2.75) is 31.9 Å². The van der Waals surface area contributed by atoms with Crippen LogP contribution in [0.2, 0.25) is 0 Å². The molecule has 0 bridgehead atoms. The number of carbonyl (C=O) groups is 4. The van der Waals surface area contributed by atoms with Crippen molar-refractivity contribution in [2.24, 2.45) is 0 Å². The van der Waals surface area contributed by atoms with Crippen LogP contribution < -0.4 is 5.32 Å². The van der Waals surface area contributed by atoms with Crippen LogP contribution in [0.3, 0.4) is 0 Å². The highest BCUT2D eigenvalue weighted by Gasteiger charge is 2.29. The van der Waals surface area contributed by atoms with E-state index in [0.29, 0.717) is 5.56 Å². The number of ether oxygens (including phenoxy) is 2. The molecule has 8 nitrogen and oxygen atoms in total. The maximum atomic E-state index is 13.3. The van der Waals surface area contributed by atoms with Gasteiger partial charge in [0.25, 0.3) is 5.91 Å².